The van der Waals surface area contributed by atoms with Crippen molar-refractivity contribution in [2.75, 3.05) is 7.11 Å². The quantitative estimate of drug-likeness (QED) is 0.674. The molecule has 1 rings (SSSR count). The first-order valence-electron chi connectivity index (χ1n) is 4.73. The molecule has 0 amide bonds. The number of methoxy groups -OCH3 is 1. The number of hydrogen-bond donors (Lipinski definition) is 1. The van der Waals surface area contributed by atoms with Crippen LogP contribution in [-0.4, -0.2) is 24.3 Å². The van der Waals surface area contributed by atoms with Crippen LogP contribution in [0.5, 0.6) is 0 Å². The molecule has 0 aliphatic heterocycles. The topological polar surface area (TPSA) is 46.5 Å². The molecule has 0 heterocycles. The van der Waals surface area contributed by atoms with E-state index in [1.807, 2.05) is 13.8 Å². The minimum absolute atomic E-state index is 0.353. The van der Waals surface area contributed by atoms with Gasteiger partial charge >= 0.3 is 5.97 Å². The average Bonchev–Trinajstić information content (AvgIpc) is 2.84. The van der Waals surface area contributed by atoms with Crippen molar-refractivity contribution < 1.29 is 14.6 Å². The monoisotopic (exact) mass is 186 g/mol. The van der Waals surface area contributed by atoms with Crippen LogP contribution in [0.4, 0.5) is 0 Å². The van der Waals surface area contributed by atoms with Crippen molar-refractivity contribution in [3.8, 4) is 0 Å². The fourth-order valence-corrected chi connectivity index (χ4v) is 1.61. The molecule has 0 saturated heterocycles. The van der Waals surface area contributed by atoms with Crippen molar-refractivity contribution in [2.24, 2.45) is 11.3 Å². The van der Waals surface area contributed by atoms with Gasteiger partial charge in [-0.2, -0.15) is 0 Å². The second kappa shape index (κ2) is 3.66. The lowest BCUT2D eigenvalue weighted by Gasteiger charge is -2.28. The molecule has 76 valence electrons. The molecular formula is C10H18O3. The number of esters is 1. The zero-order valence-electron chi connectivity index (χ0n) is 8.54. The van der Waals surface area contributed by atoms with Crippen molar-refractivity contribution in [1.82, 2.24) is 0 Å². The summed E-state index contributed by atoms with van der Waals surface area (Å²) in [4.78, 5) is 11.1. The lowest BCUT2D eigenvalue weighted by molar-refractivity contribution is -0.157. The Morgan fingerprint density at radius 1 is 1.62 bits per heavy atom. The summed E-state index contributed by atoms with van der Waals surface area (Å²) in [7, 11) is 1.30. The highest BCUT2D eigenvalue weighted by molar-refractivity contribution is 5.75. The van der Waals surface area contributed by atoms with E-state index in [1.165, 1.54) is 20.0 Å². The number of aliphatic hydroxyl groups is 1. The van der Waals surface area contributed by atoms with Gasteiger partial charge in [0.1, 0.15) is 0 Å². The predicted molar refractivity (Wildman–Crippen MR) is 49.1 cm³/mol. The second-order valence-electron chi connectivity index (χ2n) is 4.56. The molecule has 1 atom stereocenters. The first kappa shape index (κ1) is 10.5. The molecule has 1 N–H and O–H groups in total. The first-order chi connectivity index (χ1) is 5.97. The number of carbonyl (C=O) groups is 1. The smallest absolute Gasteiger partial charge is 0.335 e. The highest BCUT2D eigenvalue weighted by Crippen LogP contribution is 2.41. The maximum atomic E-state index is 11.1. The normalized spacial score (nSPS) is 19.7. The summed E-state index contributed by atoms with van der Waals surface area (Å²) in [5, 5.41) is 9.65. The van der Waals surface area contributed by atoms with Gasteiger partial charge in [-0.25, -0.2) is 4.79 Å². The number of aliphatic hydroxyl groups excluding tert-OH is 1. The maximum absolute atomic E-state index is 11.1. The van der Waals surface area contributed by atoms with Crippen molar-refractivity contribution in [3.63, 3.8) is 0 Å². The van der Waals surface area contributed by atoms with E-state index in [0.29, 0.717) is 5.92 Å². The third-order valence-electron chi connectivity index (χ3n) is 2.68. The largest absolute Gasteiger partial charge is 0.467 e. The summed E-state index contributed by atoms with van der Waals surface area (Å²) in [6.07, 6.45) is 2.39. The predicted octanol–water partition coefficient (Wildman–Crippen LogP) is 1.35. The fourth-order valence-electron chi connectivity index (χ4n) is 1.61. The molecule has 0 aromatic rings. The molecule has 0 bridgehead atoms. The lowest BCUT2D eigenvalue weighted by atomic mass is 9.81. The Morgan fingerprint density at radius 3 is 2.54 bits per heavy atom. The van der Waals surface area contributed by atoms with Crippen LogP contribution in [0.1, 0.15) is 33.1 Å². The van der Waals surface area contributed by atoms with E-state index in [0.717, 1.165) is 6.42 Å². The van der Waals surface area contributed by atoms with Crippen LogP contribution in [0.25, 0.3) is 0 Å². The molecule has 0 spiro atoms. The van der Waals surface area contributed by atoms with Gasteiger partial charge in [0.2, 0.25) is 0 Å². The summed E-state index contributed by atoms with van der Waals surface area (Å²) in [5.41, 5.74) is -0.353. The van der Waals surface area contributed by atoms with Crippen LogP contribution < -0.4 is 0 Å². The van der Waals surface area contributed by atoms with E-state index >= 15 is 0 Å². The van der Waals surface area contributed by atoms with Crippen molar-refractivity contribution >= 4 is 5.97 Å². The van der Waals surface area contributed by atoms with Gasteiger partial charge in [-0.05, 0) is 12.3 Å². The molecule has 13 heavy (non-hydrogen) atoms. The van der Waals surface area contributed by atoms with Gasteiger partial charge in [0, 0.05) is 5.41 Å². The van der Waals surface area contributed by atoms with E-state index in [1.54, 1.807) is 0 Å². The van der Waals surface area contributed by atoms with Gasteiger partial charge in [0.05, 0.1) is 7.11 Å². The standard InChI is InChI=1S/C10H18O3/c1-10(2,6-7-4-5-7)8(11)9(12)13-3/h7-8,11H,4-6H2,1-3H3. The summed E-state index contributed by atoms with van der Waals surface area (Å²) in [6.45, 7) is 3.82. The molecule has 0 aromatic carbocycles. The van der Waals surface area contributed by atoms with Crippen molar-refractivity contribution in [1.29, 1.82) is 0 Å². The summed E-state index contributed by atoms with van der Waals surface area (Å²) in [5.74, 6) is 0.181. The molecule has 3 nitrogen and oxygen atoms in total. The third kappa shape index (κ3) is 2.69. The Balaban J connectivity index is 2.49. The molecular weight excluding hydrogens is 168 g/mol. The number of carbonyl (C=O) groups excluding carboxylic acids is 1. The van der Waals surface area contributed by atoms with Crippen molar-refractivity contribution in [2.45, 2.75) is 39.2 Å². The number of hydrogen-bond acceptors (Lipinski definition) is 3. The maximum Gasteiger partial charge on any atom is 0.335 e. The highest BCUT2D eigenvalue weighted by Gasteiger charge is 2.38. The summed E-state index contributed by atoms with van der Waals surface area (Å²) >= 11 is 0. The van der Waals surface area contributed by atoms with Crippen LogP contribution in [0.2, 0.25) is 0 Å². The number of rotatable bonds is 4. The highest BCUT2D eigenvalue weighted by atomic mass is 16.5. The zero-order valence-corrected chi connectivity index (χ0v) is 8.54. The van der Waals surface area contributed by atoms with Crippen LogP contribution >= 0.6 is 0 Å². The Kier molecular flexibility index (Phi) is 2.96. The Hall–Kier alpha value is -0.570. The second-order valence-corrected chi connectivity index (χ2v) is 4.56. The Bertz CT molecular complexity index is 194. The van der Waals surface area contributed by atoms with Gasteiger partial charge in [0.15, 0.2) is 6.10 Å². The molecule has 3 heteroatoms. The van der Waals surface area contributed by atoms with Crippen LogP contribution in [-0.2, 0) is 9.53 Å². The van der Waals surface area contributed by atoms with Gasteiger partial charge in [-0.3, -0.25) is 0 Å². The van der Waals surface area contributed by atoms with Crippen LogP contribution in [0.15, 0.2) is 0 Å². The molecule has 1 saturated carbocycles. The number of ether oxygens (including phenoxy) is 1. The molecule has 1 aliphatic rings. The molecule has 1 unspecified atom stereocenters. The zero-order chi connectivity index (χ0) is 10.1. The molecule has 1 fully saturated rings. The molecule has 1 aliphatic carbocycles. The van der Waals surface area contributed by atoms with Gasteiger partial charge in [0.25, 0.3) is 0 Å². The van der Waals surface area contributed by atoms with Crippen LogP contribution in [0, 0.1) is 11.3 Å². The van der Waals surface area contributed by atoms with E-state index in [9.17, 15) is 9.90 Å². The minimum atomic E-state index is -0.988. The SMILES string of the molecule is COC(=O)C(O)C(C)(C)CC1CC1. The van der Waals surface area contributed by atoms with Gasteiger partial charge in [-0.1, -0.05) is 26.7 Å². The Labute approximate surface area is 79.1 Å². The lowest BCUT2D eigenvalue weighted by Crippen LogP contribution is -2.37. The fraction of sp³-hybridized carbons (Fsp3) is 0.900. The average molecular weight is 186 g/mol. The Morgan fingerprint density at radius 2 is 2.15 bits per heavy atom. The third-order valence-corrected chi connectivity index (χ3v) is 2.68. The van der Waals surface area contributed by atoms with Crippen LogP contribution in [0.3, 0.4) is 0 Å². The van der Waals surface area contributed by atoms with E-state index in [4.69, 9.17) is 0 Å². The molecule has 0 aromatic heterocycles. The van der Waals surface area contributed by atoms with Gasteiger partial charge < -0.3 is 9.84 Å². The summed E-state index contributed by atoms with van der Waals surface area (Å²) in [6, 6.07) is 0. The molecule has 0 radical (unpaired) electrons. The summed E-state index contributed by atoms with van der Waals surface area (Å²) < 4.78 is 4.51. The van der Waals surface area contributed by atoms with Crippen molar-refractivity contribution in [3.05, 3.63) is 0 Å². The van der Waals surface area contributed by atoms with Gasteiger partial charge in [-0.15, -0.1) is 0 Å². The van der Waals surface area contributed by atoms with E-state index < -0.39 is 12.1 Å². The first-order valence-corrected chi connectivity index (χ1v) is 4.73. The minimum Gasteiger partial charge on any atom is -0.467 e. The van der Waals surface area contributed by atoms with E-state index in [-0.39, 0.29) is 5.41 Å². The van der Waals surface area contributed by atoms with E-state index in [2.05, 4.69) is 4.74 Å².